The third-order valence-corrected chi connectivity index (χ3v) is 4.18. The molecule has 0 aliphatic carbocycles. The highest BCUT2D eigenvalue weighted by atomic mass is 16.1. The second-order valence-corrected chi connectivity index (χ2v) is 6.23. The Kier molecular flexibility index (Phi) is 5.50. The Balaban J connectivity index is 1.61. The molecule has 0 atom stereocenters. The standard InChI is InChI=1S/C22H18N6O/c29-22-20(27-24-17-12-6-2-7-13-17)19(26-23-16-10-4-1-5-11-16)21(22)28-25-18-14-8-3-9-15-18/h1-15,23-24,26H/p+1/b27-20+,28-25?. The van der Waals surface area contributed by atoms with Crippen molar-refractivity contribution in [3.8, 4) is 0 Å². The summed E-state index contributed by atoms with van der Waals surface area (Å²) >= 11 is 0. The highest BCUT2D eigenvalue weighted by molar-refractivity contribution is 5.69. The van der Waals surface area contributed by atoms with Crippen molar-refractivity contribution in [3.63, 3.8) is 0 Å². The number of nitrogens with one attached hydrogen (secondary N) is 2. The summed E-state index contributed by atoms with van der Waals surface area (Å²) < 4.78 is 0. The SMILES string of the molecule is O=c1c(N=Nc2ccccc2)c(N[NH2+]c2ccccc2)/c1=N\Nc1ccccc1. The lowest BCUT2D eigenvalue weighted by molar-refractivity contribution is -0.538. The number of anilines is 2. The summed E-state index contributed by atoms with van der Waals surface area (Å²) in [5, 5.41) is 12.8. The molecule has 0 bridgehead atoms. The molecule has 0 aliphatic rings. The zero-order chi connectivity index (χ0) is 19.9. The van der Waals surface area contributed by atoms with Crippen LogP contribution in [-0.4, -0.2) is 0 Å². The predicted molar refractivity (Wildman–Crippen MR) is 113 cm³/mol. The molecular weight excluding hydrogens is 364 g/mol. The number of quaternary nitrogens is 1. The molecular formula is C22H19N6O+. The highest BCUT2D eigenvalue weighted by Crippen LogP contribution is 2.21. The van der Waals surface area contributed by atoms with Crippen LogP contribution in [0.1, 0.15) is 0 Å². The number of nitrogens with two attached hydrogens (primary N) is 1. The van der Waals surface area contributed by atoms with Gasteiger partial charge >= 0.3 is 0 Å². The maximum absolute atomic E-state index is 12.6. The summed E-state index contributed by atoms with van der Waals surface area (Å²) in [6.07, 6.45) is 0. The Morgan fingerprint density at radius 2 is 1.34 bits per heavy atom. The van der Waals surface area contributed by atoms with E-state index < -0.39 is 0 Å². The molecule has 7 heteroatoms. The van der Waals surface area contributed by atoms with Crippen LogP contribution < -0.4 is 27.1 Å². The molecule has 142 valence electrons. The van der Waals surface area contributed by atoms with Gasteiger partial charge in [0.25, 0.3) is 0 Å². The van der Waals surface area contributed by atoms with Crippen LogP contribution in [0.25, 0.3) is 0 Å². The molecule has 29 heavy (non-hydrogen) atoms. The fourth-order valence-electron chi connectivity index (χ4n) is 2.67. The lowest BCUT2D eigenvalue weighted by atomic mass is 10.2. The Morgan fingerprint density at radius 3 is 2.03 bits per heavy atom. The smallest absolute Gasteiger partial charge is 0.238 e. The van der Waals surface area contributed by atoms with Gasteiger partial charge in [0.05, 0.1) is 11.4 Å². The van der Waals surface area contributed by atoms with Crippen LogP contribution in [0.3, 0.4) is 0 Å². The van der Waals surface area contributed by atoms with Gasteiger partial charge in [0.2, 0.25) is 5.43 Å². The number of hydrogen-bond acceptors (Lipinski definition) is 6. The molecule has 0 fully saturated rings. The van der Waals surface area contributed by atoms with Gasteiger partial charge in [-0.3, -0.25) is 10.2 Å². The van der Waals surface area contributed by atoms with Crippen molar-refractivity contribution in [1.29, 1.82) is 0 Å². The lowest BCUT2D eigenvalue weighted by Gasteiger charge is -2.10. The molecule has 0 saturated heterocycles. The summed E-state index contributed by atoms with van der Waals surface area (Å²) in [6.45, 7) is 0. The summed E-state index contributed by atoms with van der Waals surface area (Å²) in [7, 11) is 0. The topological polar surface area (TPSA) is 94.8 Å². The van der Waals surface area contributed by atoms with E-state index in [2.05, 4.69) is 26.2 Å². The Hall–Kier alpha value is -4.10. The summed E-state index contributed by atoms with van der Waals surface area (Å²) in [6, 6.07) is 28.4. The Labute approximate surface area is 167 Å². The van der Waals surface area contributed by atoms with E-state index in [1.165, 1.54) is 0 Å². The maximum Gasteiger partial charge on any atom is 0.238 e. The molecule has 0 amide bonds. The van der Waals surface area contributed by atoms with E-state index in [1.807, 2.05) is 91.0 Å². The average Bonchev–Trinajstić information content (AvgIpc) is 2.78. The minimum atomic E-state index is -0.267. The number of rotatable bonds is 7. The normalized spacial score (nSPS) is 11.8. The minimum Gasteiger partial charge on any atom is -0.285 e. The first-order valence-electron chi connectivity index (χ1n) is 9.11. The molecule has 4 N–H and O–H groups in total. The molecule has 0 saturated carbocycles. The van der Waals surface area contributed by atoms with Crippen LogP contribution in [0.4, 0.5) is 28.4 Å². The molecule has 0 spiro atoms. The van der Waals surface area contributed by atoms with Gasteiger partial charge < -0.3 is 0 Å². The van der Waals surface area contributed by atoms with Gasteiger partial charge in [0.1, 0.15) is 5.69 Å². The van der Waals surface area contributed by atoms with E-state index in [4.69, 9.17) is 0 Å². The van der Waals surface area contributed by atoms with Gasteiger partial charge in [-0.1, -0.05) is 54.6 Å². The lowest BCUT2D eigenvalue weighted by Crippen LogP contribution is -2.83. The Bertz CT molecular complexity index is 1180. The van der Waals surface area contributed by atoms with Crippen molar-refractivity contribution < 1.29 is 5.43 Å². The number of benzene rings is 3. The number of hydrogen-bond donors (Lipinski definition) is 3. The van der Waals surface area contributed by atoms with E-state index in [1.54, 1.807) is 5.43 Å². The first-order chi connectivity index (χ1) is 14.3. The summed E-state index contributed by atoms with van der Waals surface area (Å²) in [5.74, 6) is 0. The number of nitrogens with zero attached hydrogens (tertiary/aromatic N) is 3. The third-order valence-electron chi connectivity index (χ3n) is 4.18. The minimum absolute atomic E-state index is 0.245. The maximum atomic E-state index is 12.6. The molecule has 7 nitrogen and oxygen atoms in total. The first-order valence-corrected chi connectivity index (χ1v) is 9.11. The van der Waals surface area contributed by atoms with E-state index >= 15 is 0 Å². The zero-order valence-electron chi connectivity index (χ0n) is 15.5. The number of azo groups is 1. The summed E-state index contributed by atoms with van der Waals surface area (Å²) in [4.78, 5) is 12.6. The Morgan fingerprint density at radius 1 is 0.724 bits per heavy atom. The van der Waals surface area contributed by atoms with E-state index in [9.17, 15) is 4.79 Å². The average molecular weight is 383 g/mol. The van der Waals surface area contributed by atoms with Crippen LogP contribution in [-0.2, 0) is 0 Å². The highest BCUT2D eigenvalue weighted by Gasteiger charge is 2.21. The monoisotopic (exact) mass is 383 g/mol. The molecule has 0 radical (unpaired) electrons. The van der Waals surface area contributed by atoms with Crippen molar-refractivity contribution in [2.24, 2.45) is 15.3 Å². The molecule has 0 heterocycles. The molecule has 0 unspecified atom stereocenters. The summed E-state index contributed by atoms with van der Waals surface area (Å²) in [5.41, 5.74) is 10.8. The fourth-order valence-corrected chi connectivity index (χ4v) is 2.67. The van der Waals surface area contributed by atoms with Gasteiger partial charge in [-0.2, -0.15) is 10.2 Å². The van der Waals surface area contributed by atoms with Crippen LogP contribution in [0, 0.1) is 0 Å². The quantitative estimate of drug-likeness (QED) is 0.197. The first kappa shape index (κ1) is 18.3. The molecule has 4 aromatic carbocycles. The predicted octanol–water partition coefficient (Wildman–Crippen LogP) is 3.49. The van der Waals surface area contributed by atoms with Crippen LogP contribution in [0.2, 0.25) is 0 Å². The van der Waals surface area contributed by atoms with Crippen molar-refractivity contribution in [2.45, 2.75) is 0 Å². The molecule has 4 aromatic rings. The van der Waals surface area contributed by atoms with Crippen LogP contribution >= 0.6 is 0 Å². The largest absolute Gasteiger partial charge is 0.285 e. The van der Waals surface area contributed by atoms with Gasteiger partial charge in [0, 0.05) is 12.1 Å². The zero-order valence-corrected chi connectivity index (χ0v) is 15.5. The second-order valence-electron chi connectivity index (χ2n) is 6.23. The van der Waals surface area contributed by atoms with Gasteiger partial charge in [-0.05, 0) is 24.3 Å². The van der Waals surface area contributed by atoms with Gasteiger partial charge in [-0.15, -0.1) is 5.11 Å². The number of nitrogen functional groups attached to an aromatic ring is 1. The van der Waals surface area contributed by atoms with E-state index in [0.29, 0.717) is 11.4 Å². The van der Waals surface area contributed by atoms with Gasteiger partial charge in [0.15, 0.2) is 16.7 Å². The van der Waals surface area contributed by atoms with Crippen LogP contribution in [0.5, 0.6) is 0 Å². The van der Waals surface area contributed by atoms with Crippen molar-refractivity contribution in [2.75, 3.05) is 10.9 Å². The number of para-hydroxylation sites is 2. The third kappa shape index (κ3) is 4.42. The molecule has 4 rings (SSSR count). The van der Waals surface area contributed by atoms with E-state index in [-0.39, 0.29) is 16.5 Å². The van der Waals surface area contributed by atoms with Crippen LogP contribution in [0.15, 0.2) is 111 Å². The van der Waals surface area contributed by atoms with Crippen molar-refractivity contribution >= 4 is 28.4 Å². The molecule has 0 aromatic heterocycles. The molecule has 0 aliphatic heterocycles. The van der Waals surface area contributed by atoms with E-state index in [0.717, 1.165) is 11.4 Å². The fraction of sp³-hybridized carbons (Fsp3) is 0. The van der Waals surface area contributed by atoms with Gasteiger partial charge in [-0.25, -0.2) is 10.9 Å². The van der Waals surface area contributed by atoms with Crippen molar-refractivity contribution in [1.82, 2.24) is 0 Å². The second kappa shape index (κ2) is 8.73. The van der Waals surface area contributed by atoms with Crippen molar-refractivity contribution in [3.05, 3.63) is 107 Å².